The fourth-order valence-electron chi connectivity index (χ4n) is 6.55. The van der Waals surface area contributed by atoms with Crippen molar-refractivity contribution in [3.8, 4) is 11.5 Å². The van der Waals surface area contributed by atoms with Crippen molar-refractivity contribution < 1.29 is 14.9 Å². The maximum Gasteiger partial charge on any atom is 0.160 e. The molecular weight excluding hydrogens is 312 g/mol. The summed E-state index contributed by atoms with van der Waals surface area (Å²) in [6.45, 7) is 4.58. The fraction of sp³-hybridized carbons (Fsp3) is 0.727. The van der Waals surface area contributed by atoms with Crippen LogP contribution < -0.4 is 4.74 Å². The van der Waals surface area contributed by atoms with E-state index in [2.05, 4.69) is 19.9 Å². The normalized spacial score (nSPS) is 39.4. The van der Waals surface area contributed by atoms with E-state index >= 15 is 0 Å². The van der Waals surface area contributed by atoms with E-state index < -0.39 is 0 Å². The minimum Gasteiger partial charge on any atom is -0.504 e. The van der Waals surface area contributed by atoms with Gasteiger partial charge in [-0.05, 0) is 90.9 Å². The minimum atomic E-state index is -0.130. The Morgan fingerprint density at radius 2 is 2.08 bits per heavy atom. The highest BCUT2D eigenvalue weighted by molar-refractivity contribution is 5.49. The van der Waals surface area contributed by atoms with Gasteiger partial charge < -0.3 is 14.9 Å². The van der Waals surface area contributed by atoms with E-state index in [1.807, 2.05) is 6.07 Å². The number of phenolic OH excluding ortho intramolecular Hbond substituents is 1. The zero-order chi connectivity index (χ0) is 17.8. The molecule has 2 saturated carbocycles. The van der Waals surface area contributed by atoms with Crippen LogP contribution in [0.1, 0.15) is 69.4 Å². The third-order valence-electron chi connectivity index (χ3n) is 7.80. The van der Waals surface area contributed by atoms with Crippen LogP contribution in [0.25, 0.3) is 0 Å². The summed E-state index contributed by atoms with van der Waals surface area (Å²) in [4.78, 5) is 0. The lowest BCUT2D eigenvalue weighted by Crippen LogP contribution is -2.44. The highest BCUT2D eigenvalue weighted by Crippen LogP contribution is 2.63. The lowest BCUT2D eigenvalue weighted by molar-refractivity contribution is -0.0334. The number of fused-ring (bicyclic) bond motifs is 5. The highest BCUT2D eigenvalue weighted by Gasteiger charge is 2.57. The van der Waals surface area contributed by atoms with Crippen LogP contribution in [0.3, 0.4) is 0 Å². The number of hydrogen-bond acceptors (Lipinski definition) is 3. The topological polar surface area (TPSA) is 49.7 Å². The molecule has 3 heteroatoms. The molecular formula is C22H32O3. The number of aryl methyl sites for hydroxylation is 1. The summed E-state index contributed by atoms with van der Waals surface area (Å²) in [7, 11) is 1.63. The van der Waals surface area contributed by atoms with Crippen LogP contribution >= 0.6 is 0 Å². The SMILES string of the molecule is CCC[C@@H]1C[C@H]2[C@@H]3CCc4cc(O)c(OC)cc4[C@H]3CC[C@]2(C)[C@H]1O. The van der Waals surface area contributed by atoms with Crippen molar-refractivity contribution in [1.82, 2.24) is 0 Å². The molecule has 3 aliphatic rings. The van der Waals surface area contributed by atoms with Gasteiger partial charge in [0.2, 0.25) is 0 Å². The van der Waals surface area contributed by atoms with E-state index in [9.17, 15) is 10.2 Å². The zero-order valence-corrected chi connectivity index (χ0v) is 15.8. The number of aliphatic hydroxyl groups is 1. The Balaban J connectivity index is 1.67. The molecule has 138 valence electrons. The van der Waals surface area contributed by atoms with Crippen molar-refractivity contribution in [2.45, 2.75) is 70.8 Å². The predicted octanol–water partition coefficient (Wildman–Crippen LogP) is 4.64. The molecule has 0 radical (unpaired) electrons. The predicted molar refractivity (Wildman–Crippen MR) is 99.1 cm³/mol. The molecule has 0 saturated heterocycles. The number of aliphatic hydroxyl groups excluding tert-OH is 1. The molecule has 4 rings (SSSR count). The third kappa shape index (κ3) is 2.50. The summed E-state index contributed by atoms with van der Waals surface area (Å²) in [5.74, 6) is 3.20. The molecule has 3 aliphatic carbocycles. The van der Waals surface area contributed by atoms with Gasteiger partial charge in [0.25, 0.3) is 0 Å². The molecule has 0 aliphatic heterocycles. The molecule has 2 fully saturated rings. The number of ether oxygens (including phenoxy) is 1. The molecule has 0 unspecified atom stereocenters. The Kier molecular flexibility index (Phi) is 4.26. The van der Waals surface area contributed by atoms with Crippen molar-refractivity contribution in [1.29, 1.82) is 0 Å². The van der Waals surface area contributed by atoms with Crippen molar-refractivity contribution in [3.05, 3.63) is 23.3 Å². The molecule has 0 heterocycles. The maximum atomic E-state index is 11.0. The van der Waals surface area contributed by atoms with E-state index in [1.165, 1.54) is 24.0 Å². The lowest BCUT2D eigenvalue weighted by Gasteiger charge is -2.50. The monoisotopic (exact) mass is 344 g/mol. The van der Waals surface area contributed by atoms with Gasteiger partial charge in [0.1, 0.15) is 0 Å². The van der Waals surface area contributed by atoms with Gasteiger partial charge in [-0.1, -0.05) is 20.3 Å². The second-order valence-electron chi connectivity index (χ2n) is 8.91. The highest BCUT2D eigenvalue weighted by atomic mass is 16.5. The van der Waals surface area contributed by atoms with E-state index in [0.29, 0.717) is 29.4 Å². The second kappa shape index (κ2) is 6.19. The number of rotatable bonds is 3. The number of methoxy groups -OCH3 is 1. The molecule has 0 amide bonds. The summed E-state index contributed by atoms with van der Waals surface area (Å²) >= 11 is 0. The Morgan fingerprint density at radius 3 is 2.80 bits per heavy atom. The lowest BCUT2D eigenvalue weighted by atomic mass is 9.55. The molecule has 1 aromatic carbocycles. The van der Waals surface area contributed by atoms with Gasteiger partial charge in [0.05, 0.1) is 13.2 Å². The first kappa shape index (κ1) is 17.2. The first-order valence-electron chi connectivity index (χ1n) is 10.1. The van der Waals surface area contributed by atoms with Gasteiger partial charge in [0.15, 0.2) is 11.5 Å². The molecule has 0 bridgehead atoms. The summed E-state index contributed by atoms with van der Waals surface area (Å²) in [6.07, 6.45) is 7.87. The maximum absolute atomic E-state index is 11.0. The number of benzene rings is 1. The van der Waals surface area contributed by atoms with E-state index in [4.69, 9.17) is 4.74 Å². The molecule has 0 spiro atoms. The van der Waals surface area contributed by atoms with Crippen molar-refractivity contribution in [3.63, 3.8) is 0 Å². The summed E-state index contributed by atoms with van der Waals surface area (Å²) < 4.78 is 5.37. The Bertz CT molecular complexity index is 655. The van der Waals surface area contributed by atoms with Crippen molar-refractivity contribution in [2.75, 3.05) is 7.11 Å². The molecule has 6 atom stereocenters. The first-order chi connectivity index (χ1) is 12.0. The standard InChI is InChI=1S/C22H32O3/c1-4-5-14-10-18-16-7-6-13-11-19(23)20(25-3)12-17(13)15(16)8-9-22(18,2)21(14)24/h11-12,14-16,18,21,23-24H,4-10H2,1-3H3/t14-,15+,16-,18+,21+,22+/m1/s1. The van der Waals surface area contributed by atoms with E-state index in [0.717, 1.165) is 32.1 Å². The second-order valence-corrected chi connectivity index (χ2v) is 8.91. The molecule has 2 N–H and O–H groups in total. The van der Waals surface area contributed by atoms with Crippen LogP contribution in [0, 0.1) is 23.2 Å². The van der Waals surface area contributed by atoms with Gasteiger partial charge in [-0.15, -0.1) is 0 Å². The average molecular weight is 344 g/mol. The van der Waals surface area contributed by atoms with Crippen LogP contribution in [-0.2, 0) is 6.42 Å². The van der Waals surface area contributed by atoms with Crippen molar-refractivity contribution in [2.24, 2.45) is 23.2 Å². The van der Waals surface area contributed by atoms with Gasteiger partial charge in [-0.25, -0.2) is 0 Å². The summed E-state index contributed by atoms with van der Waals surface area (Å²) in [6, 6.07) is 4.00. The largest absolute Gasteiger partial charge is 0.504 e. The zero-order valence-electron chi connectivity index (χ0n) is 15.8. The average Bonchev–Trinajstić information content (AvgIpc) is 2.86. The van der Waals surface area contributed by atoms with Gasteiger partial charge in [0, 0.05) is 0 Å². The Hall–Kier alpha value is -1.22. The fourth-order valence-corrected chi connectivity index (χ4v) is 6.55. The number of hydrogen-bond donors (Lipinski definition) is 2. The number of phenols is 1. The smallest absolute Gasteiger partial charge is 0.160 e. The van der Waals surface area contributed by atoms with Crippen LogP contribution in [0.2, 0.25) is 0 Å². The van der Waals surface area contributed by atoms with Crippen LogP contribution in [0.5, 0.6) is 11.5 Å². The Morgan fingerprint density at radius 1 is 1.28 bits per heavy atom. The molecule has 25 heavy (non-hydrogen) atoms. The van der Waals surface area contributed by atoms with E-state index in [1.54, 1.807) is 7.11 Å². The van der Waals surface area contributed by atoms with Crippen LogP contribution in [0.15, 0.2) is 12.1 Å². The first-order valence-corrected chi connectivity index (χ1v) is 10.1. The molecule has 1 aromatic rings. The van der Waals surface area contributed by atoms with Gasteiger partial charge >= 0.3 is 0 Å². The quantitative estimate of drug-likeness (QED) is 0.839. The third-order valence-corrected chi connectivity index (χ3v) is 7.80. The van der Waals surface area contributed by atoms with Crippen molar-refractivity contribution >= 4 is 0 Å². The Labute approximate surface area is 151 Å². The van der Waals surface area contributed by atoms with Crippen LogP contribution in [0.4, 0.5) is 0 Å². The minimum absolute atomic E-state index is 0.0967. The summed E-state index contributed by atoms with van der Waals surface area (Å²) in [5, 5.41) is 21.1. The van der Waals surface area contributed by atoms with E-state index in [-0.39, 0.29) is 17.3 Å². The van der Waals surface area contributed by atoms with Gasteiger partial charge in [-0.2, -0.15) is 0 Å². The van der Waals surface area contributed by atoms with Crippen LogP contribution in [-0.4, -0.2) is 23.4 Å². The summed E-state index contributed by atoms with van der Waals surface area (Å²) in [5.41, 5.74) is 2.78. The molecule has 0 aromatic heterocycles. The molecule has 3 nitrogen and oxygen atoms in total. The van der Waals surface area contributed by atoms with Gasteiger partial charge in [-0.3, -0.25) is 0 Å². The number of aromatic hydroxyl groups is 1.